The molecule has 2 aromatic heterocycles. The number of ether oxygens (including phenoxy) is 1. The summed E-state index contributed by atoms with van der Waals surface area (Å²) < 4.78 is 21.1. The molecule has 8 nitrogen and oxygen atoms in total. The topological polar surface area (TPSA) is 93.4 Å². The molecule has 1 atom stereocenters. The molecule has 4 aromatic rings. The van der Waals surface area contributed by atoms with E-state index in [1.54, 1.807) is 30.3 Å². The van der Waals surface area contributed by atoms with Gasteiger partial charge in [0.25, 0.3) is 5.91 Å². The maximum atomic E-state index is 14.2. The molecule has 2 N–H and O–H groups in total. The monoisotopic (exact) mass is 404 g/mol. The standard InChI is InChI=1S/C21H17FN6O2/c1-12(13-6-7-17-16(10-13)24-20(29)11-30-17)23-18-8-9-19-25-26-21(28(19)27-18)14-4-2-3-5-15(14)22/h2-10,12H,11H2,1H3,(H,23,27)(H,24,29). The van der Waals surface area contributed by atoms with Crippen molar-refractivity contribution >= 4 is 23.1 Å². The van der Waals surface area contributed by atoms with Crippen LogP contribution in [0.5, 0.6) is 5.75 Å². The quantitative estimate of drug-likeness (QED) is 0.541. The fraction of sp³-hybridized carbons (Fsp3) is 0.143. The van der Waals surface area contributed by atoms with Crippen LogP contribution < -0.4 is 15.4 Å². The smallest absolute Gasteiger partial charge is 0.262 e. The zero-order valence-electron chi connectivity index (χ0n) is 16.0. The lowest BCUT2D eigenvalue weighted by atomic mass is 10.1. The van der Waals surface area contributed by atoms with Gasteiger partial charge in [-0.25, -0.2) is 4.39 Å². The number of rotatable bonds is 4. The highest BCUT2D eigenvalue weighted by Crippen LogP contribution is 2.31. The number of halogens is 1. The highest BCUT2D eigenvalue weighted by molar-refractivity contribution is 5.95. The van der Waals surface area contributed by atoms with Crippen LogP contribution in [0.25, 0.3) is 17.0 Å². The van der Waals surface area contributed by atoms with Gasteiger partial charge in [-0.05, 0) is 48.9 Å². The van der Waals surface area contributed by atoms with E-state index in [-0.39, 0.29) is 18.6 Å². The van der Waals surface area contributed by atoms with Crippen LogP contribution in [0, 0.1) is 5.82 Å². The van der Waals surface area contributed by atoms with Crippen LogP contribution in [0.15, 0.2) is 54.6 Å². The third kappa shape index (κ3) is 3.20. The van der Waals surface area contributed by atoms with Gasteiger partial charge in [-0.1, -0.05) is 18.2 Å². The van der Waals surface area contributed by atoms with E-state index in [1.807, 2.05) is 25.1 Å². The van der Waals surface area contributed by atoms with Gasteiger partial charge < -0.3 is 15.4 Å². The fourth-order valence-corrected chi connectivity index (χ4v) is 3.35. The minimum absolute atomic E-state index is 0.0212. The van der Waals surface area contributed by atoms with Gasteiger partial charge in [0.05, 0.1) is 17.3 Å². The van der Waals surface area contributed by atoms with Crippen LogP contribution in [0.1, 0.15) is 18.5 Å². The van der Waals surface area contributed by atoms with Crippen molar-refractivity contribution in [3.8, 4) is 17.1 Å². The maximum absolute atomic E-state index is 14.2. The Balaban J connectivity index is 1.44. The second-order valence-electron chi connectivity index (χ2n) is 6.95. The molecular weight excluding hydrogens is 387 g/mol. The summed E-state index contributed by atoms with van der Waals surface area (Å²) in [6, 6.07) is 15.4. The molecule has 1 aliphatic rings. The van der Waals surface area contributed by atoms with Crippen molar-refractivity contribution in [2.45, 2.75) is 13.0 Å². The van der Waals surface area contributed by atoms with E-state index in [0.717, 1.165) is 5.56 Å². The molecule has 0 fully saturated rings. The molecule has 0 spiro atoms. The van der Waals surface area contributed by atoms with Gasteiger partial charge in [0.1, 0.15) is 17.4 Å². The van der Waals surface area contributed by atoms with E-state index in [9.17, 15) is 9.18 Å². The largest absolute Gasteiger partial charge is 0.482 e. The molecule has 0 aliphatic carbocycles. The fourth-order valence-electron chi connectivity index (χ4n) is 3.35. The zero-order valence-corrected chi connectivity index (χ0v) is 16.0. The Morgan fingerprint density at radius 2 is 2.03 bits per heavy atom. The number of nitrogens with zero attached hydrogens (tertiary/aromatic N) is 4. The van der Waals surface area contributed by atoms with Gasteiger partial charge in [0.2, 0.25) is 0 Å². The van der Waals surface area contributed by atoms with E-state index >= 15 is 0 Å². The van der Waals surface area contributed by atoms with Crippen molar-refractivity contribution < 1.29 is 13.9 Å². The van der Waals surface area contributed by atoms with E-state index in [1.165, 1.54) is 10.6 Å². The maximum Gasteiger partial charge on any atom is 0.262 e. The SMILES string of the molecule is CC(Nc1ccc2nnc(-c3ccccc3F)n2n1)c1ccc2c(c1)NC(=O)CO2. The van der Waals surface area contributed by atoms with Crippen molar-refractivity contribution in [1.82, 2.24) is 19.8 Å². The summed E-state index contributed by atoms with van der Waals surface area (Å²) >= 11 is 0. The molecule has 9 heteroatoms. The summed E-state index contributed by atoms with van der Waals surface area (Å²) in [5.74, 6) is 0.974. The molecule has 0 bridgehead atoms. The number of hydrogen-bond donors (Lipinski definition) is 2. The minimum Gasteiger partial charge on any atom is -0.482 e. The summed E-state index contributed by atoms with van der Waals surface area (Å²) in [7, 11) is 0. The lowest BCUT2D eigenvalue weighted by Gasteiger charge is -2.21. The average Bonchev–Trinajstić information content (AvgIpc) is 3.16. The van der Waals surface area contributed by atoms with Crippen LogP contribution in [0.4, 0.5) is 15.9 Å². The predicted octanol–water partition coefficient (Wildman–Crippen LogP) is 3.43. The molecular formula is C21H17FN6O2. The molecule has 3 heterocycles. The Morgan fingerprint density at radius 3 is 2.90 bits per heavy atom. The zero-order chi connectivity index (χ0) is 20.7. The third-order valence-corrected chi connectivity index (χ3v) is 4.88. The Bertz CT molecular complexity index is 1270. The lowest BCUT2D eigenvalue weighted by Crippen LogP contribution is -2.25. The Kier molecular flexibility index (Phi) is 4.27. The van der Waals surface area contributed by atoms with E-state index in [0.29, 0.717) is 34.3 Å². The first-order chi connectivity index (χ1) is 14.6. The summed E-state index contributed by atoms with van der Waals surface area (Å²) in [6.07, 6.45) is 0. The molecule has 1 amide bonds. The first kappa shape index (κ1) is 18.0. The average molecular weight is 404 g/mol. The Morgan fingerprint density at radius 1 is 1.17 bits per heavy atom. The number of anilines is 2. The number of benzene rings is 2. The lowest BCUT2D eigenvalue weighted by molar-refractivity contribution is -0.118. The van der Waals surface area contributed by atoms with Gasteiger partial charge in [-0.15, -0.1) is 15.3 Å². The van der Waals surface area contributed by atoms with Gasteiger partial charge in [-0.2, -0.15) is 4.52 Å². The number of amides is 1. The molecule has 2 aromatic carbocycles. The first-order valence-electron chi connectivity index (χ1n) is 9.39. The number of fused-ring (bicyclic) bond motifs is 2. The van der Waals surface area contributed by atoms with E-state index in [4.69, 9.17) is 4.74 Å². The molecule has 1 aliphatic heterocycles. The second-order valence-corrected chi connectivity index (χ2v) is 6.95. The van der Waals surface area contributed by atoms with Crippen molar-refractivity contribution in [2.24, 2.45) is 0 Å². The van der Waals surface area contributed by atoms with Crippen LogP contribution in [0.2, 0.25) is 0 Å². The molecule has 150 valence electrons. The van der Waals surface area contributed by atoms with Crippen LogP contribution >= 0.6 is 0 Å². The Labute approximate surface area is 170 Å². The summed E-state index contributed by atoms with van der Waals surface area (Å²) in [6.45, 7) is 2.00. The number of carbonyl (C=O) groups excluding carboxylic acids is 1. The van der Waals surface area contributed by atoms with Gasteiger partial charge in [-0.3, -0.25) is 4.79 Å². The van der Waals surface area contributed by atoms with Gasteiger partial charge in [0, 0.05) is 0 Å². The molecule has 0 radical (unpaired) electrons. The van der Waals surface area contributed by atoms with E-state index < -0.39 is 5.82 Å². The third-order valence-electron chi connectivity index (χ3n) is 4.88. The Hall–Kier alpha value is -4.01. The molecule has 1 unspecified atom stereocenters. The molecule has 30 heavy (non-hydrogen) atoms. The van der Waals surface area contributed by atoms with E-state index in [2.05, 4.69) is 25.9 Å². The number of nitrogens with one attached hydrogen (secondary N) is 2. The van der Waals surface area contributed by atoms with Crippen molar-refractivity contribution in [1.29, 1.82) is 0 Å². The van der Waals surface area contributed by atoms with Crippen LogP contribution in [0.3, 0.4) is 0 Å². The number of aromatic nitrogens is 4. The normalized spacial score (nSPS) is 14.0. The van der Waals surface area contributed by atoms with Crippen LogP contribution in [-0.2, 0) is 4.79 Å². The minimum atomic E-state index is -0.390. The second kappa shape index (κ2) is 7.11. The van der Waals surface area contributed by atoms with Gasteiger partial charge in [0.15, 0.2) is 18.1 Å². The van der Waals surface area contributed by atoms with Gasteiger partial charge >= 0.3 is 0 Å². The predicted molar refractivity (Wildman–Crippen MR) is 109 cm³/mol. The van der Waals surface area contributed by atoms with Crippen LogP contribution in [-0.4, -0.2) is 32.3 Å². The number of hydrogen-bond acceptors (Lipinski definition) is 6. The molecule has 0 saturated heterocycles. The summed E-state index contributed by atoms with van der Waals surface area (Å²) in [5, 5.41) is 18.8. The summed E-state index contributed by atoms with van der Waals surface area (Å²) in [5.41, 5.74) is 2.43. The number of carbonyl (C=O) groups is 1. The van der Waals surface area contributed by atoms with Crippen molar-refractivity contribution in [2.75, 3.05) is 17.2 Å². The highest BCUT2D eigenvalue weighted by atomic mass is 19.1. The van der Waals surface area contributed by atoms with Crippen molar-refractivity contribution in [3.63, 3.8) is 0 Å². The van der Waals surface area contributed by atoms with Crippen molar-refractivity contribution in [3.05, 3.63) is 66.0 Å². The summed E-state index contributed by atoms with van der Waals surface area (Å²) in [4.78, 5) is 11.6. The molecule has 0 saturated carbocycles. The highest BCUT2D eigenvalue weighted by Gasteiger charge is 2.18. The molecule has 5 rings (SSSR count). The first-order valence-corrected chi connectivity index (χ1v) is 9.39.